The molecule has 0 unspecified atom stereocenters. The molecular formula is C20H26FN3O3S. The van der Waals surface area contributed by atoms with Crippen LogP contribution >= 0.6 is 0 Å². The molecule has 0 radical (unpaired) electrons. The lowest BCUT2D eigenvalue weighted by Crippen LogP contribution is -2.47. The van der Waals surface area contributed by atoms with Crippen LogP contribution in [0.1, 0.15) is 18.9 Å². The van der Waals surface area contributed by atoms with Crippen molar-refractivity contribution in [1.82, 2.24) is 9.62 Å². The van der Waals surface area contributed by atoms with E-state index in [0.717, 1.165) is 26.7 Å². The van der Waals surface area contributed by atoms with E-state index in [2.05, 4.69) is 5.32 Å². The Bertz CT molecular complexity index is 889. The Morgan fingerprint density at radius 3 is 2.29 bits per heavy atom. The molecule has 0 spiro atoms. The molecule has 2 aromatic rings. The molecule has 1 atom stereocenters. The summed E-state index contributed by atoms with van der Waals surface area (Å²) < 4.78 is 41.2. The average Bonchev–Trinajstić information content (AvgIpc) is 2.66. The Hall–Kier alpha value is -2.45. The first-order chi connectivity index (χ1) is 13.2. The minimum Gasteiger partial charge on any atom is -0.352 e. The summed E-state index contributed by atoms with van der Waals surface area (Å²) >= 11 is 0. The number of rotatable bonds is 9. The van der Waals surface area contributed by atoms with Gasteiger partial charge in [0.1, 0.15) is 12.4 Å². The smallest absolute Gasteiger partial charge is 0.304 e. The van der Waals surface area contributed by atoms with Crippen molar-refractivity contribution in [3.05, 3.63) is 66.0 Å². The van der Waals surface area contributed by atoms with Gasteiger partial charge in [0.15, 0.2) is 0 Å². The van der Waals surface area contributed by atoms with Crippen LogP contribution in [-0.4, -0.2) is 45.3 Å². The highest BCUT2D eigenvalue weighted by atomic mass is 32.2. The number of hydrogen-bond donors (Lipinski definition) is 1. The number of carbonyl (C=O) groups excluding carboxylic acids is 1. The summed E-state index contributed by atoms with van der Waals surface area (Å²) in [5.41, 5.74) is 0.995. The van der Waals surface area contributed by atoms with Crippen LogP contribution in [0.2, 0.25) is 0 Å². The number of anilines is 1. The average molecular weight is 408 g/mol. The fourth-order valence-electron chi connectivity index (χ4n) is 2.69. The summed E-state index contributed by atoms with van der Waals surface area (Å²) in [5, 5.41) is 2.79. The first kappa shape index (κ1) is 21.8. The summed E-state index contributed by atoms with van der Waals surface area (Å²) in [5.74, 6) is -1.20. The molecule has 28 heavy (non-hydrogen) atoms. The Kier molecular flexibility index (Phi) is 7.53. The first-order valence-electron chi connectivity index (χ1n) is 9.00. The Balaban J connectivity index is 2.07. The number of carbonyl (C=O) groups is 1. The highest BCUT2D eigenvalue weighted by Crippen LogP contribution is 2.22. The molecule has 0 saturated heterocycles. The van der Waals surface area contributed by atoms with Crippen molar-refractivity contribution in [1.29, 1.82) is 0 Å². The van der Waals surface area contributed by atoms with Gasteiger partial charge in [-0.2, -0.15) is 12.7 Å². The fourth-order valence-corrected chi connectivity index (χ4v) is 3.76. The van der Waals surface area contributed by atoms with E-state index in [1.165, 1.54) is 32.3 Å². The van der Waals surface area contributed by atoms with Crippen LogP contribution in [0.4, 0.5) is 10.1 Å². The van der Waals surface area contributed by atoms with Gasteiger partial charge in [-0.15, -0.1) is 0 Å². The third-order valence-electron chi connectivity index (χ3n) is 4.26. The number of benzene rings is 2. The molecular weight excluding hydrogens is 381 g/mol. The number of nitrogens with zero attached hydrogens (tertiary/aromatic N) is 2. The van der Waals surface area contributed by atoms with Gasteiger partial charge >= 0.3 is 10.2 Å². The summed E-state index contributed by atoms with van der Waals surface area (Å²) in [6.07, 6.45) is 1.49. The second-order valence-electron chi connectivity index (χ2n) is 6.74. The van der Waals surface area contributed by atoms with Crippen LogP contribution < -0.4 is 9.62 Å². The molecule has 0 fully saturated rings. The molecule has 1 amide bonds. The molecule has 0 bridgehead atoms. The van der Waals surface area contributed by atoms with Gasteiger partial charge in [-0.25, -0.2) is 8.70 Å². The number of nitrogens with one attached hydrogen (secondary N) is 1. The lowest BCUT2D eigenvalue weighted by atomic mass is 10.1. The summed E-state index contributed by atoms with van der Waals surface area (Å²) in [6.45, 7) is 1.35. The molecule has 0 aliphatic heterocycles. The maximum Gasteiger partial charge on any atom is 0.304 e. The minimum absolute atomic E-state index is 0.155. The molecule has 2 aromatic carbocycles. The summed E-state index contributed by atoms with van der Waals surface area (Å²) in [4.78, 5) is 12.5. The maximum absolute atomic E-state index is 14.2. The molecule has 0 aliphatic carbocycles. The maximum atomic E-state index is 14.2. The van der Waals surface area contributed by atoms with Gasteiger partial charge in [0.25, 0.3) is 0 Å². The lowest BCUT2D eigenvalue weighted by molar-refractivity contribution is -0.120. The third-order valence-corrected chi connectivity index (χ3v) is 6.07. The minimum atomic E-state index is -4.03. The van der Waals surface area contributed by atoms with Gasteiger partial charge in [0, 0.05) is 20.1 Å². The van der Waals surface area contributed by atoms with E-state index in [0.29, 0.717) is 6.42 Å². The van der Waals surface area contributed by atoms with E-state index in [-0.39, 0.29) is 11.7 Å². The zero-order chi connectivity index (χ0) is 20.7. The molecule has 1 N–H and O–H groups in total. The van der Waals surface area contributed by atoms with E-state index >= 15 is 0 Å². The Morgan fingerprint density at radius 1 is 1.07 bits per heavy atom. The van der Waals surface area contributed by atoms with Crippen molar-refractivity contribution in [2.75, 3.05) is 24.9 Å². The number of hydrogen-bond acceptors (Lipinski definition) is 3. The number of para-hydroxylation sites is 1. The van der Waals surface area contributed by atoms with E-state index in [4.69, 9.17) is 0 Å². The van der Waals surface area contributed by atoms with Gasteiger partial charge in [-0.05, 0) is 37.5 Å². The number of halogens is 1. The SMILES string of the molecule is C[C@H](CCc1ccccc1)NC(=O)CN(c1ccccc1F)S(=O)(=O)N(C)C. The standard InChI is InChI=1S/C20H26FN3O3S/c1-16(13-14-17-9-5-4-6-10-17)22-20(25)15-24(28(26,27)23(2)3)19-12-8-7-11-18(19)21/h4-12,16H,13-15H2,1-3H3,(H,22,25)/t16-/m1/s1. The van der Waals surface area contributed by atoms with Crippen LogP contribution in [0.5, 0.6) is 0 Å². The Labute approximate surface area is 166 Å². The van der Waals surface area contributed by atoms with E-state index in [9.17, 15) is 17.6 Å². The van der Waals surface area contributed by atoms with Crippen molar-refractivity contribution in [2.45, 2.75) is 25.8 Å². The molecule has 0 aromatic heterocycles. The van der Waals surface area contributed by atoms with Crippen LogP contribution in [0.15, 0.2) is 54.6 Å². The van der Waals surface area contributed by atoms with E-state index in [1.54, 1.807) is 0 Å². The second-order valence-corrected chi connectivity index (χ2v) is 8.81. The van der Waals surface area contributed by atoms with Crippen molar-refractivity contribution < 1.29 is 17.6 Å². The summed E-state index contributed by atoms with van der Waals surface area (Å²) in [7, 11) is -1.36. The largest absolute Gasteiger partial charge is 0.352 e. The molecule has 0 aliphatic rings. The van der Waals surface area contributed by atoms with Crippen LogP contribution in [0.25, 0.3) is 0 Å². The lowest BCUT2D eigenvalue weighted by Gasteiger charge is -2.27. The summed E-state index contributed by atoms with van der Waals surface area (Å²) in [6, 6.07) is 15.2. The zero-order valence-electron chi connectivity index (χ0n) is 16.3. The molecule has 8 heteroatoms. The van der Waals surface area contributed by atoms with Gasteiger partial charge < -0.3 is 5.32 Å². The topological polar surface area (TPSA) is 69.7 Å². The van der Waals surface area contributed by atoms with Gasteiger partial charge in [-0.1, -0.05) is 42.5 Å². The van der Waals surface area contributed by atoms with E-state index in [1.807, 2.05) is 37.3 Å². The highest BCUT2D eigenvalue weighted by molar-refractivity contribution is 7.90. The fraction of sp³-hybridized carbons (Fsp3) is 0.350. The molecule has 0 saturated carbocycles. The van der Waals surface area contributed by atoms with Crippen molar-refractivity contribution in [3.63, 3.8) is 0 Å². The molecule has 152 valence electrons. The molecule has 2 rings (SSSR count). The van der Waals surface area contributed by atoms with Crippen molar-refractivity contribution in [3.8, 4) is 0 Å². The Morgan fingerprint density at radius 2 is 1.68 bits per heavy atom. The van der Waals surface area contributed by atoms with Crippen LogP contribution in [0, 0.1) is 5.82 Å². The van der Waals surface area contributed by atoms with Crippen LogP contribution in [0.3, 0.4) is 0 Å². The monoisotopic (exact) mass is 407 g/mol. The van der Waals surface area contributed by atoms with E-state index < -0.39 is 28.5 Å². The molecule has 6 nitrogen and oxygen atoms in total. The third kappa shape index (κ3) is 5.77. The predicted molar refractivity (Wildman–Crippen MR) is 109 cm³/mol. The highest BCUT2D eigenvalue weighted by Gasteiger charge is 2.29. The molecule has 0 heterocycles. The predicted octanol–water partition coefficient (Wildman–Crippen LogP) is 2.58. The number of amides is 1. The van der Waals surface area contributed by atoms with Gasteiger partial charge in [0.05, 0.1) is 5.69 Å². The number of aryl methyl sites for hydroxylation is 1. The first-order valence-corrected chi connectivity index (χ1v) is 10.4. The van der Waals surface area contributed by atoms with Gasteiger partial charge in [0.2, 0.25) is 5.91 Å². The zero-order valence-corrected chi connectivity index (χ0v) is 17.1. The van der Waals surface area contributed by atoms with Gasteiger partial charge in [-0.3, -0.25) is 4.79 Å². The van der Waals surface area contributed by atoms with Crippen molar-refractivity contribution >= 4 is 21.8 Å². The normalized spacial score (nSPS) is 12.6. The quantitative estimate of drug-likeness (QED) is 0.695. The second kappa shape index (κ2) is 9.66. The van der Waals surface area contributed by atoms with Crippen molar-refractivity contribution in [2.24, 2.45) is 0 Å². The van der Waals surface area contributed by atoms with Crippen LogP contribution in [-0.2, 0) is 21.4 Å².